The van der Waals surface area contributed by atoms with Crippen molar-refractivity contribution in [3.05, 3.63) is 29.3 Å². The van der Waals surface area contributed by atoms with Crippen LogP contribution in [0.2, 0.25) is 0 Å². The van der Waals surface area contributed by atoms with Crippen LogP contribution in [-0.2, 0) is 12.4 Å². The molecule has 0 amide bonds. The summed E-state index contributed by atoms with van der Waals surface area (Å²) in [6.07, 6.45) is -5.21. The average Bonchev–Trinajstić information content (AvgIpc) is 2.40. The molecule has 0 aliphatic carbocycles. The highest BCUT2D eigenvalue weighted by Crippen LogP contribution is 2.38. The molecule has 7 heteroatoms. The van der Waals surface area contributed by atoms with Crippen LogP contribution in [0, 0.1) is 0 Å². The molecular formula is C15H18F6O. The fourth-order valence-corrected chi connectivity index (χ4v) is 1.91. The van der Waals surface area contributed by atoms with E-state index < -0.39 is 29.2 Å². The Morgan fingerprint density at radius 1 is 0.773 bits per heavy atom. The SMILES string of the molecule is CCCCCCCOc1cc(C(F)(F)F)cc(C(F)(F)F)c1. The number of hydrogen-bond donors (Lipinski definition) is 0. The molecule has 0 spiro atoms. The number of halogens is 6. The fourth-order valence-electron chi connectivity index (χ4n) is 1.91. The molecule has 1 nitrogen and oxygen atoms in total. The molecule has 0 saturated heterocycles. The number of unbranched alkanes of at least 4 members (excludes halogenated alkanes) is 4. The van der Waals surface area contributed by atoms with Gasteiger partial charge in [-0.1, -0.05) is 32.6 Å². The molecule has 0 heterocycles. The number of ether oxygens (including phenoxy) is 1. The van der Waals surface area contributed by atoms with Gasteiger partial charge in [0.25, 0.3) is 0 Å². The highest BCUT2D eigenvalue weighted by atomic mass is 19.4. The van der Waals surface area contributed by atoms with Crippen LogP contribution in [0.1, 0.15) is 50.2 Å². The minimum absolute atomic E-state index is 0.0914. The van der Waals surface area contributed by atoms with Crippen LogP contribution < -0.4 is 4.74 Å². The van der Waals surface area contributed by atoms with E-state index in [1.54, 1.807) is 0 Å². The van der Waals surface area contributed by atoms with E-state index in [1.807, 2.05) is 6.92 Å². The monoisotopic (exact) mass is 328 g/mol. The first-order chi connectivity index (χ1) is 10.1. The standard InChI is InChI=1S/C15H18F6O/c1-2-3-4-5-6-7-22-13-9-11(14(16,17)18)8-12(10-13)15(19,20)21/h8-10H,2-7H2,1H3. The summed E-state index contributed by atoms with van der Waals surface area (Å²) in [6, 6.07) is 1.29. The van der Waals surface area contributed by atoms with E-state index in [4.69, 9.17) is 4.74 Å². The maximum atomic E-state index is 12.6. The molecule has 1 aromatic rings. The highest BCUT2D eigenvalue weighted by molar-refractivity contribution is 5.37. The van der Waals surface area contributed by atoms with Crippen molar-refractivity contribution in [1.29, 1.82) is 0 Å². The van der Waals surface area contributed by atoms with E-state index >= 15 is 0 Å². The fraction of sp³-hybridized carbons (Fsp3) is 0.600. The van der Waals surface area contributed by atoms with Gasteiger partial charge in [-0.25, -0.2) is 0 Å². The van der Waals surface area contributed by atoms with E-state index in [0.29, 0.717) is 18.6 Å². The number of alkyl halides is 6. The molecule has 1 aromatic carbocycles. The van der Waals surface area contributed by atoms with Gasteiger partial charge in [-0.15, -0.1) is 0 Å². The van der Waals surface area contributed by atoms with Gasteiger partial charge in [0.1, 0.15) is 5.75 Å². The van der Waals surface area contributed by atoms with Crippen molar-refractivity contribution >= 4 is 0 Å². The largest absolute Gasteiger partial charge is 0.494 e. The van der Waals surface area contributed by atoms with Crippen LogP contribution in [-0.4, -0.2) is 6.61 Å². The first-order valence-corrected chi connectivity index (χ1v) is 7.07. The van der Waals surface area contributed by atoms with Crippen LogP contribution in [0.15, 0.2) is 18.2 Å². The Kier molecular flexibility index (Phi) is 6.56. The van der Waals surface area contributed by atoms with Gasteiger partial charge in [0.2, 0.25) is 0 Å². The molecule has 0 aromatic heterocycles. The summed E-state index contributed by atoms with van der Waals surface area (Å²) in [5.41, 5.74) is -2.72. The molecule has 0 radical (unpaired) electrons. The lowest BCUT2D eigenvalue weighted by molar-refractivity contribution is -0.143. The van der Waals surface area contributed by atoms with Crippen molar-refractivity contribution < 1.29 is 31.1 Å². The van der Waals surface area contributed by atoms with Crippen molar-refractivity contribution in [3.8, 4) is 5.75 Å². The van der Waals surface area contributed by atoms with Crippen LogP contribution in [0.5, 0.6) is 5.75 Å². The van der Waals surface area contributed by atoms with E-state index in [2.05, 4.69) is 0 Å². The summed E-state index contributed by atoms with van der Waals surface area (Å²) >= 11 is 0. The minimum Gasteiger partial charge on any atom is -0.494 e. The second-order valence-corrected chi connectivity index (χ2v) is 5.00. The lowest BCUT2D eigenvalue weighted by atomic mass is 10.1. The van der Waals surface area contributed by atoms with Gasteiger partial charge in [0, 0.05) is 0 Å². The molecule has 126 valence electrons. The summed E-state index contributed by atoms with van der Waals surface area (Å²) in [7, 11) is 0. The summed E-state index contributed by atoms with van der Waals surface area (Å²) < 4.78 is 80.9. The van der Waals surface area contributed by atoms with E-state index in [-0.39, 0.29) is 12.7 Å². The average molecular weight is 328 g/mol. The third-order valence-corrected chi connectivity index (χ3v) is 3.08. The Morgan fingerprint density at radius 2 is 1.27 bits per heavy atom. The second-order valence-electron chi connectivity index (χ2n) is 5.00. The minimum atomic E-state index is -4.85. The Morgan fingerprint density at radius 3 is 1.73 bits per heavy atom. The zero-order valence-corrected chi connectivity index (χ0v) is 12.2. The van der Waals surface area contributed by atoms with Crippen molar-refractivity contribution in [3.63, 3.8) is 0 Å². The normalized spacial score (nSPS) is 12.5. The van der Waals surface area contributed by atoms with Gasteiger partial charge in [0.05, 0.1) is 17.7 Å². The Hall–Kier alpha value is -1.40. The topological polar surface area (TPSA) is 9.23 Å². The molecular weight excluding hydrogens is 310 g/mol. The molecule has 22 heavy (non-hydrogen) atoms. The zero-order valence-electron chi connectivity index (χ0n) is 12.2. The molecule has 0 bridgehead atoms. The molecule has 0 aliphatic heterocycles. The molecule has 0 N–H and O–H groups in total. The Bertz CT molecular complexity index is 432. The van der Waals surface area contributed by atoms with Gasteiger partial charge < -0.3 is 4.74 Å². The molecule has 1 rings (SSSR count). The van der Waals surface area contributed by atoms with Gasteiger partial charge in [-0.3, -0.25) is 0 Å². The molecule has 0 aliphatic rings. The number of benzene rings is 1. The van der Waals surface area contributed by atoms with E-state index in [9.17, 15) is 26.3 Å². The first-order valence-electron chi connectivity index (χ1n) is 7.07. The van der Waals surface area contributed by atoms with Crippen LogP contribution in [0.3, 0.4) is 0 Å². The summed E-state index contributed by atoms with van der Waals surface area (Å²) in [5.74, 6) is -0.405. The zero-order chi connectivity index (χ0) is 16.8. The van der Waals surface area contributed by atoms with Crippen molar-refractivity contribution in [1.82, 2.24) is 0 Å². The summed E-state index contributed by atoms with van der Waals surface area (Å²) in [6.45, 7) is 2.14. The van der Waals surface area contributed by atoms with Crippen LogP contribution in [0.4, 0.5) is 26.3 Å². The van der Waals surface area contributed by atoms with Crippen molar-refractivity contribution in [2.75, 3.05) is 6.61 Å². The Balaban J connectivity index is 2.77. The van der Waals surface area contributed by atoms with Crippen molar-refractivity contribution in [2.24, 2.45) is 0 Å². The quantitative estimate of drug-likeness (QED) is 0.436. The number of hydrogen-bond acceptors (Lipinski definition) is 1. The molecule has 0 saturated carbocycles. The van der Waals surface area contributed by atoms with Crippen LogP contribution in [0.25, 0.3) is 0 Å². The first kappa shape index (κ1) is 18.6. The smallest absolute Gasteiger partial charge is 0.416 e. The second kappa shape index (κ2) is 7.74. The molecule has 0 fully saturated rings. The molecule has 0 unspecified atom stereocenters. The lowest BCUT2D eigenvalue weighted by Crippen LogP contribution is -2.11. The van der Waals surface area contributed by atoms with Crippen LogP contribution >= 0.6 is 0 Å². The van der Waals surface area contributed by atoms with Gasteiger partial charge in [-0.05, 0) is 24.6 Å². The van der Waals surface area contributed by atoms with Gasteiger partial charge >= 0.3 is 12.4 Å². The van der Waals surface area contributed by atoms with Gasteiger partial charge in [-0.2, -0.15) is 26.3 Å². The number of rotatable bonds is 7. The van der Waals surface area contributed by atoms with Gasteiger partial charge in [0.15, 0.2) is 0 Å². The third-order valence-electron chi connectivity index (χ3n) is 3.08. The van der Waals surface area contributed by atoms with E-state index in [0.717, 1.165) is 25.7 Å². The lowest BCUT2D eigenvalue weighted by Gasteiger charge is -2.14. The summed E-state index contributed by atoms with van der Waals surface area (Å²) in [4.78, 5) is 0. The maximum Gasteiger partial charge on any atom is 0.416 e. The van der Waals surface area contributed by atoms with Crippen molar-refractivity contribution in [2.45, 2.75) is 51.4 Å². The third kappa shape index (κ3) is 6.15. The Labute approximate surface area is 125 Å². The predicted molar refractivity (Wildman–Crippen MR) is 70.7 cm³/mol. The highest BCUT2D eigenvalue weighted by Gasteiger charge is 2.37. The molecule has 0 atom stereocenters. The predicted octanol–water partition coefficient (Wildman–Crippen LogP) is 6.07. The van der Waals surface area contributed by atoms with E-state index in [1.165, 1.54) is 0 Å². The summed E-state index contributed by atoms with van der Waals surface area (Å²) in [5, 5.41) is 0. The maximum absolute atomic E-state index is 12.6.